The van der Waals surface area contributed by atoms with Crippen LogP contribution in [0.5, 0.6) is 11.5 Å². The SMILES string of the molecule is COc1ccc(Cn2cccc2CN)cc1OC. The quantitative estimate of drug-likeness (QED) is 0.878. The van der Waals surface area contributed by atoms with E-state index in [4.69, 9.17) is 15.2 Å². The molecule has 1 aromatic carbocycles. The van der Waals surface area contributed by atoms with Crippen LogP contribution >= 0.6 is 0 Å². The number of benzene rings is 1. The highest BCUT2D eigenvalue weighted by atomic mass is 16.5. The third-order valence-corrected chi connectivity index (χ3v) is 2.93. The second-order valence-electron chi connectivity index (χ2n) is 4.02. The van der Waals surface area contributed by atoms with Gasteiger partial charge in [-0.1, -0.05) is 6.07 Å². The molecule has 4 nitrogen and oxygen atoms in total. The van der Waals surface area contributed by atoms with Gasteiger partial charge in [-0.2, -0.15) is 0 Å². The summed E-state index contributed by atoms with van der Waals surface area (Å²) < 4.78 is 12.6. The Morgan fingerprint density at radius 2 is 1.89 bits per heavy atom. The number of nitrogens with zero attached hydrogens (tertiary/aromatic N) is 1. The molecular formula is C14H18N2O2. The molecule has 4 heteroatoms. The fraction of sp³-hybridized carbons (Fsp3) is 0.286. The lowest BCUT2D eigenvalue weighted by Gasteiger charge is -2.11. The van der Waals surface area contributed by atoms with Crippen molar-refractivity contribution < 1.29 is 9.47 Å². The number of aromatic nitrogens is 1. The number of nitrogens with two attached hydrogens (primary N) is 1. The van der Waals surface area contributed by atoms with E-state index >= 15 is 0 Å². The Kier molecular flexibility index (Phi) is 3.89. The molecule has 0 spiro atoms. The molecule has 0 aliphatic heterocycles. The maximum Gasteiger partial charge on any atom is 0.161 e. The van der Waals surface area contributed by atoms with Crippen LogP contribution in [-0.4, -0.2) is 18.8 Å². The van der Waals surface area contributed by atoms with Crippen LogP contribution in [0.4, 0.5) is 0 Å². The van der Waals surface area contributed by atoms with Gasteiger partial charge in [0.25, 0.3) is 0 Å². The van der Waals surface area contributed by atoms with Gasteiger partial charge in [-0.25, -0.2) is 0 Å². The third kappa shape index (κ3) is 2.49. The van der Waals surface area contributed by atoms with Crippen molar-refractivity contribution in [3.8, 4) is 11.5 Å². The molecule has 0 aliphatic rings. The standard InChI is InChI=1S/C14H18N2O2/c1-17-13-6-5-11(8-14(13)18-2)10-16-7-3-4-12(16)9-15/h3-8H,9-10,15H2,1-2H3. The molecule has 0 unspecified atom stereocenters. The van der Waals surface area contributed by atoms with E-state index in [-0.39, 0.29) is 0 Å². The summed E-state index contributed by atoms with van der Waals surface area (Å²) in [6.45, 7) is 1.32. The predicted octanol–water partition coefficient (Wildman–Crippen LogP) is 2.01. The first-order chi connectivity index (χ1) is 8.78. The zero-order chi connectivity index (χ0) is 13.0. The number of rotatable bonds is 5. The second kappa shape index (κ2) is 5.60. The van der Waals surface area contributed by atoms with Gasteiger partial charge in [0.2, 0.25) is 0 Å². The summed E-state index contributed by atoms with van der Waals surface area (Å²) in [6, 6.07) is 9.96. The van der Waals surface area contributed by atoms with Gasteiger partial charge >= 0.3 is 0 Å². The van der Waals surface area contributed by atoms with Crippen LogP contribution in [0.15, 0.2) is 36.5 Å². The number of hydrogen-bond donors (Lipinski definition) is 1. The molecule has 2 rings (SSSR count). The van der Waals surface area contributed by atoms with Crippen LogP contribution in [0.25, 0.3) is 0 Å². The Hall–Kier alpha value is -1.94. The van der Waals surface area contributed by atoms with Gasteiger partial charge in [-0.15, -0.1) is 0 Å². The Morgan fingerprint density at radius 1 is 1.11 bits per heavy atom. The number of ether oxygens (including phenoxy) is 2. The van der Waals surface area contributed by atoms with Crippen molar-refractivity contribution in [2.45, 2.75) is 13.1 Å². The molecule has 0 amide bonds. The van der Waals surface area contributed by atoms with E-state index in [1.165, 1.54) is 0 Å². The zero-order valence-corrected chi connectivity index (χ0v) is 10.7. The highest BCUT2D eigenvalue weighted by Crippen LogP contribution is 2.27. The monoisotopic (exact) mass is 246 g/mol. The van der Waals surface area contributed by atoms with E-state index in [0.29, 0.717) is 6.54 Å². The minimum Gasteiger partial charge on any atom is -0.493 e. The maximum absolute atomic E-state index is 5.68. The van der Waals surface area contributed by atoms with E-state index in [0.717, 1.165) is 29.3 Å². The predicted molar refractivity (Wildman–Crippen MR) is 71.0 cm³/mol. The molecule has 0 saturated heterocycles. The molecule has 2 N–H and O–H groups in total. The number of methoxy groups -OCH3 is 2. The fourth-order valence-corrected chi connectivity index (χ4v) is 1.96. The Morgan fingerprint density at radius 3 is 2.56 bits per heavy atom. The van der Waals surface area contributed by atoms with E-state index in [1.54, 1.807) is 14.2 Å². The zero-order valence-electron chi connectivity index (χ0n) is 10.7. The summed E-state index contributed by atoms with van der Waals surface area (Å²) in [5.41, 5.74) is 7.95. The molecule has 0 radical (unpaired) electrons. The van der Waals surface area contributed by atoms with Crippen molar-refractivity contribution in [1.29, 1.82) is 0 Å². The lowest BCUT2D eigenvalue weighted by Crippen LogP contribution is -2.07. The molecule has 1 aromatic heterocycles. The van der Waals surface area contributed by atoms with Gasteiger partial charge in [0, 0.05) is 25.0 Å². The molecule has 18 heavy (non-hydrogen) atoms. The van der Waals surface area contributed by atoms with Crippen LogP contribution in [-0.2, 0) is 13.1 Å². The summed E-state index contributed by atoms with van der Waals surface area (Å²) in [7, 11) is 3.28. The summed E-state index contributed by atoms with van der Waals surface area (Å²) in [5, 5.41) is 0. The van der Waals surface area contributed by atoms with Crippen LogP contribution in [0.3, 0.4) is 0 Å². The van der Waals surface area contributed by atoms with Gasteiger partial charge in [0.05, 0.1) is 14.2 Å². The van der Waals surface area contributed by atoms with E-state index in [2.05, 4.69) is 4.57 Å². The lowest BCUT2D eigenvalue weighted by atomic mass is 10.2. The van der Waals surface area contributed by atoms with Crippen molar-refractivity contribution >= 4 is 0 Å². The van der Waals surface area contributed by atoms with Crippen molar-refractivity contribution in [3.05, 3.63) is 47.8 Å². The average molecular weight is 246 g/mol. The minimum absolute atomic E-state index is 0.542. The molecule has 0 fully saturated rings. The van der Waals surface area contributed by atoms with Crippen molar-refractivity contribution in [2.75, 3.05) is 14.2 Å². The average Bonchev–Trinajstić information content (AvgIpc) is 2.85. The smallest absolute Gasteiger partial charge is 0.161 e. The molecule has 0 bridgehead atoms. The summed E-state index contributed by atoms with van der Waals surface area (Å²) >= 11 is 0. The van der Waals surface area contributed by atoms with E-state index in [1.807, 2.05) is 36.5 Å². The van der Waals surface area contributed by atoms with E-state index in [9.17, 15) is 0 Å². The highest BCUT2D eigenvalue weighted by Gasteiger charge is 2.06. The van der Waals surface area contributed by atoms with Gasteiger partial charge in [0.1, 0.15) is 0 Å². The molecule has 2 aromatic rings. The van der Waals surface area contributed by atoms with Gasteiger partial charge in [-0.3, -0.25) is 0 Å². The first-order valence-corrected chi connectivity index (χ1v) is 5.83. The van der Waals surface area contributed by atoms with Gasteiger partial charge in [0.15, 0.2) is 11.5 Å². The van der Waals surface area contributed by atoms with Crippen LogP contribution in [0, 0.1) is 0 Å². The van der Waals surface area contributed by atoms with Crippen molar-refractivity contribution in [1.82, 2.24) is 4.57 Å². The highest BCUT2D eigenvalue weighted by molar-refractivity contribution is 5.43. The van der Waals surface area contributed by atoms with Crippen molar-refractivity contribution in [3.63, 3.8) is 0 Å². The molecule has 1 heterocycles. The first-order valence-electron chi connectivity index (χ1n) is 5.83. The molecular weight excluding hydrogens is 228 g/mol. The minimum atomic E-state index is 0.542. The largest absolute Gasteiger partial charge is 0.493 e. The summed E-state index contributed by atoms with van der Waals surface area (Å²) in [5.74, 6) is 1.49. The van der Waals surface area contributed by atoms with Gasteiger partial charge < -0.3 is 19.8 Å². The third-order valence-electron chi connectivity index (χ3n) is 2.93. The molecule has 0 aliphatic carbocycles. The normalized spacial score (nSPS) is 10.4. The van der Waals surface area contributed by atoms with Crippen LogP contribution in [0.2, 0.25) is 0 Å². The Labute approximate surface area is 107 Å². The fourth-order valence-electron chi connectivity index (χ4n) is 1.96. The topological polar surface area (TPSA) is 49.4 Å². The number of hydrogen-bond acceptors (Lipinski definition) is 3. The van der Waals surface area contributed by atoms with Crippen molar-refractivity contribution in [2.24, 2.45) is 5.73 Å². The molecule has 0 atom stereocenters. The second-order valence-corrected chi connectivity index (χ2v) is 4.02. The maximum atomic E-state index is 5.68. The molecule has 0 saturated carbocycles. The summed E-state index contributed by atoms with van der Waals surface area (Å²) in [6.07, 6.45) is 2.03. The molecule has 96 valence electrons. The van der Waals surface area contributed by atoms with E-state index < -0.39 is 0 Å². The van der Waals surface area contributed by atoms with Crippen LogP contribution in [0.1, 0.15) is 11.3 Å². The van der Waals surface area contributed by atoms with Gasteiger partial charge in [-0.05, 0) is 29.8 Å². The lowest BCUT2D eigenvalue weighted by molar-refractivity contribution is 0.354. The Bertz CT molecular complexity index is 520. The van der Waals surface area contributed by atoms with Crippen LogP contribution < -0.4 is 15.2 Å². The first kappa shape index (κ1) is 12.5. The Balaban J connectivity index is 2.24. The summed E-state index contributed by atoms with van der Waals surface area (Å²) in [4.78, 5) is 0.